The molecule has 0 aromatic heterocycles. The van der Waals surface area contributed by atoms with Crippen LogP contribution in [0.2, 0.25) is 0 Å². The van der Waals surface area contributed by atoms with Gasteiger partial charge in [-0.1, -0.05) is 30.7 Å². The number of nitrogens with one attached hydrogen (secondary N) is 1. The molecule has 0 spiro atoms. The third kappa shape index (κ3) is 4.98. The number of alkyl halides is 3. The predicted molar refractivity (Wildman–Crippen MR) is 74.6 cm³/mol. The van der Waals surface area contributed by atoms with E-state index in [4.69, 9.17) is 5.84 Å². The second kappa shape index (κ2) is 7.24. The Balaban J connectivity index is 1.88. The minimum absolute atomic E-state index is 0.0159. The third-order valence-electron chi connectivity index (χ3n) is 3.91. The van der Waals surface area contributed by atoms with Gasteiger partial charge in [-0.05, 0) is 36.3 Å². The maximum absolute atomic E-state index is 12.0. The SMILES string of the molecule is NNC(CCOCC(F)(F)F)c1cccc(C2CCC2)c1. The van der Waals surface area contributed by atoms with Crippen LogP contribution in [-0.2, 0) is 4.74 Å². The molecule has 1 unspecified atom stereocenters. The highest BCUT2D eigenvalue weighted by Gasteiger charge is 2.27. The summed E-state index contributed by atoms with van der Waals surface area (Å²) in [7, 11) is 0. The topological polar surface area (TPSA) is 47.3 Å². The molecule has 1 fully saturated rings. The first kappa shape index (κ1) is 16.3. The lowest BCUT2D eigenvalue weighted by atomic mass is 9.79. The molecule has 0 saturated heterocycles. The molecule has 118 valence electrons. The lowest BCUT2D eigenvalue weighted by molar-refractivity contribution is -0.174. The smallest absolute Gasteiger partial charge is 0.372 e. The Hall–Kier alpha value is -1.11. The summed E-state index contributed by atoms with van der Waals surface area (Å²) >= 11 is 0. The van der Waals surface area contributed by atoms with Gasteiger partial charge in [0.15, 0.2) is 0 Å². The zero-order valence-electron chi connectivity index (χ0n) is 11.8. The van der Waals surface area contributed by atoms with Crippen molar-refractivity contribution in [3.05, 3.63) is 35.4 Å². The molecule has 1 aromatic rings. The molecule has 0 aliphatic heterocycles. The molecular weight excluding hydrogens is 281 g/mol. The molecule has 0 amide bonds. The third-order valence-corrected chi connectivity index (χ3v) is 3.91. The number of halogens is 3. The Bertz CT molecular complexity index is 447. The summed E-state index contributed by atoms with van der Waals surface area (Å²) in [5.74, 6) is 6.13. The van der Waals surface area contributed by atoms with Crippen molar-refractivity contribution in [2.24, 2.45) is 5.84 Å². The Morgan fingerprint density at radius 2 is 2.10 bits per heavy atom. The summed E-state index contributed by atoms with van der Waals surface area (Å²) in [6.07, 6.45) is -0.201. The number of ether oxygens (including phenoxy) is 1. The van der Waals surface area contributed by atoms with Crippen LogP contribution in [-0.4, -0.2) is 19.4 Å². The number of benzene rings is 1. The van der Waals surface area contributed by atoms with Crippen molar-refractivity contribution < 1.29 is 17.9 Å². The van der Waals surface area contributed by atoms with Crippen molar-refractivity contribution in [2.75, 3.05) is 13.2 Å². The summed E-state index contributed by atoms with van der Waals surface area (Å²) in [6, 6.07) is 7.91. The number of hydrogen-bond acceptors (Lipinski definition) is 3. The van der Waals surface area contributed by atoms with Crippen molar-refractivity contribution in [3.63, 3.8) is 0 Å². The molecule has 3 nitrogen and oxygen atoms in total. The second-order valence-corrected chi connectivity index (χ2v) is 5.47. The van der Waals surface area contributed by atoms with E-state index in [0.29, 0.717) is 12.3 Å². The van der Waals surface area contributed by atoms with Crippen molar-refractivity contribution in [3.8, 4) is 0 Å². The first-order valence-corrected chi connectivity index (χ1v) is 7.20. The maximum Gasteiger partial charge on any atom is 0.411 e. The molecule has 0 radical (unpaired) electrons. The van der Waals surface area contributed by atoms with Crippen LogP contribution in [0.1, 0.15) is 48.8 Å². The van der Waals surface area contributed by atoms with Crippen LogP contribution >= 0.6 is 0 Å². The molecule has 1 aliphatic rings. The highest BCUT2D eigenvalue weighted by atomic mass is 19.4. The molecular formula is C15H21F3N2O. The van der Waals surface area contributed by atoms with E-state index in [9.17, 15) is 13.2 Å². The summed E-state index contributed by atoms with van der Waals surface area (Å²) in [6.45, 7) is -1.20. The van der Waals surface area contributed by atoms with Gasteiger partial charge < -0.3 is 4.74 Å². The van der Waals surface area contributed by atoms with Crippen LogP contribution in [0.5, 0.6) is 0 Å². The molecule has 21 heavy (non-hydrogen) atoms. The molecule has 0 heterocycles. The normalized spacial score (nSPS) is 17.5. The van der Waals surface area contributed by atoms with Gasteiger partial charge in [-0.2, -0.15) is 13.2 Å². The quantitative estimate of drug-likeness (QED) is 0.461. The molecule has 1 atom stereocenters. The Kier molecular flexibility index (Phi) is 5.61. The van der Waals surface area contributed by atoms with Gasteiger partial charge in [0.1, 0.15) is 6.61 Å². The van der Waals surface area contributed by atoms with E-state index in [1.54, 1.807) is 0 Å². The van der Waals surface area contributed by atoms with Crippen molar-refractivity contribution in [2.45, 2.75) is 43.8 Å². The van der Waals surface area contributed by atoms with Gasteiger partial charge in [-0.15, -0.1) is 0 Å². The fourth-order valence-electron chi connectivity index (χ4n) is 2.51. The summed E-state index contributed by atoms with van der Waals surface area (Å²) in [5, 5.41) is 0. The fraction of sp³-hybridized carbons (Fsp3) is 0.600. The summed E-state index contributed by atoms with van der Waals surface area (Å²) < 4.78 is 40.7. The van der Waals surface area contributed by atoms with E-state index >= 15 is 0 Å². The van der Waals surface area contributed by atoms with Gasteiger partial charge in [-0.25, -0.2) is 0 Å². The molecule has 2 rings (SSSR count). The van der Waals surface area contributed by atoms with Crippen LogP contribution in [0.15, 0.2) is 24.3 Å². The number of hydrogen-bond donors (Lipinski definition) is 2. The van der Waals surface area contributed by atoms with Gasteiger partial charge in [0.2, 0.25) is 0 Å². The first-order chi connectivity index (χ1) is 9.99. The molecule has 1 saturated carbocycles. The van der Waals surface area contributed by atoms with E-state index in [1.165, 1.54) is 24.8 Å². The fourth-order valence-corrected chi connectivity index (χ4v) is 2.51. The van der Waals surface area contributed by atoms with E-state index in [2.05, 4.69) is 22.3 Å². The van der Waals surface area contributed by atoms with Crippen LogP contribution in [0.4, 0.5) is 13.2 Å². The molecule has 3 N–H and O–H groups in total. The summed E-state index contributed by atoms with van der Waals surface area (Å²) in [5.41, 5.74) is 4.94. The van der Waals surface area contributed by atoms with Gasteiger partial charge in [0.05, 0.1) is 0 Å². The van der Waals surface area contributed by atoms with E-state index in [1.807, 2.05) is 12.1 Å². The van der Waals surface area contributed by atoms with Crippen LogP contribution < -0.4 is 11.3 Å². The van der Waals surface area contributed by atoms with E-state index in [-0.39, 0.29) is 12.6 Å². The lowest BCUT2D eigenvalue weighted by Gasteiger charge is -2.27. The van der Waals surface area contributed by atoms with Gasteiger partial charge >= 0.3 is 6.18 Å². The Morgan fingerprint density at radius 1 is 1.33 bits per heavy atom. The largest absolute Gasteiger partial charge is 0.411 e. The lowest BCUT2D eigenvalue weighted by Crippen LogP contribution is -2.29. The number of rotatable bonds is 7. The predicted octanol–water partition coefficient (Wildman–Crippen LogP) is 3.43. The molecule has 1 aliphatic carbocycles. The minimum atomic E-state index is -4.28. The molecule has 1 aromatic carbocycles. The standard InChI is InChI=1S/C15H21F3N2O/c16-15(17,18)10-21-8-7-14(20-19)13-6-2-5-12(9-13)11-3-1-4-11/h2,5-6,9,11,14,20H,1,3-4,7-8,10,19H2. The highest BCUT2D eigenvalue weighted by Crippen LogP contribution is 2.37. The minimum Gasteiger partial charge on any atom is -0.372 e. The Labute approximate surface area is 122 Å². The zero-order valence-corrected chi connectivity index (χ0v) is 11.8. The number of hydrazine groups is 1. The van der Waals surface area contributed by atoms with Gasteiger partial charge in [0, 0.05) is 12.6 Å². The highest BCUT2D eigenvalue weighted by molar-refractivity contribution is 5.29. The maximum atomic E-state index is 12.0. The van der Waals surface area contributed by atoms with E-state index < -0.39 is 12.8 Å². The average Bonchev–Trinajstić information content (AvgIpc) is 2.36. The van der Waals surface area contributed by atoms with Crippen LogP contribution in [0.3, 0.4) is 0 Å². The molecule has 6 heteroatoms. The Morgan fingerprint density at radius 3 is 2.67 bits per heavy atom. The zero-order chi connectivity index (χ0) is 15.3. The van der Waals surface area contributed by atoms with Crippen molar-refractivity contribution >= 4 is 0 Å². The van der Waals surface area contributed by atoms with Gasteiger partial charge in [-0.3, -0.25) is 11.3 Å². The molecule has 0 bridgehead atoms. The first-order valence-electron chi connectivity index (χ1n) is 7.20. The van der Waals surface area contributed by atoms with E-state index in [0.717, 1.165) is 5.56 Å². The second-order valence-electron chi connectivity index (χ2n) is 5.47. The van der Waals surface area contributed by atoms with Crippen molar-refractivity contribution in [1.29, 1.82) is 0 Å². The van der Waals surface area contributed by atoms with Gasteiger partial charge in [0.25, 0.3) is 0 Å². The monoisotopic (exact) mass is 302 g/mol. The summed E-state index contributed by atoms with van der Waals surface area (Å²) in [4.78, 5) is 0. The van der Waals surface area contributed by atoms with Crippen LogP contribution in [0, 0.1) is 0 Å². The average molecular weight is 302 g/mol. The number of nitrogens with two attached hydrogens (primary N) is 1. The van der Waals surface area contributed by atoms with Crippen LogP contribution in [0.25, 0.3) is 0 Å². The van der Waals surface area contributed by atoms with Crippen molar-refractivity contribution in [1.82, 2.24) is 5.43 Å².